The van der Waals surface area contributed by atoms with E-state index in [1.54, 1.807) is 18.2 Å². The van der Waals surface area contributed by atoms with E-state index in [9.17, 15) is 19.7 Å². The lowest BCUT2D eigenvalue weighted by molar-refractivity contribution is -0.385. The number of benzene rings is 2. The fourth-order valence-corrected chi connectivity index (χ4v) is 2.86. The van der Waals surface area contributed by atoms with Gasteiger partial charge < -0.3 is 10.1 Å². The lowest BCUT2D eigenvalue weighted by Gasteiger charge is -2.11. The normalized spacial score (nSPS) is 15.2. The summed E-state index contributed by atoms with van der Waals surface area (Å²) in [5.41, 5.74) is 1.02. The van der Waals surface area contributed by atoms with Gasteiger partial charge in [-0.3, -0.25) is 19.8 Å². The van der Waals surface area contributed by atoms with E-state index in [2.05, 4.69) is 21.2 Å². The standard InChI is InChI=1S/C18H14BrN3O5/c1-27-16-7-4-12(9-15(16)22(25)26)8-14-17(23)21(18(24)20-14)10-11-2-5-13(19)6-3-11/h2-9H,10H2,1H3,(H,20,24)/b14-8-. The van der Waals surface area contributed by atoms with E-state index < -0.39 is 16.9 Å². The Bertz CT molecular complexity index is 956. The molecule has 0 atom stereocenters. The number of carbonyl (C=O) groups is 2. The minimum atomic E-state index is -0.574. The minimum absolute atomic E-state index is 0.0524. The quantitative estimate of drug-likeness (QED) is 0.338. The molecule has 8 nitrogen and oxygen atoms in total. The molecule has 0 aromatic heterocycles. The maximum absolute atomic E-state index is 12.5. The van der Waals surface area contributed by atoms with E-state index in [1.165, 1.54) is 25.3 Å². The summed E-state index contributed by atoms with van der Waals surface area (Å²) in [6.07, 6.45) is 1.40. The van der Waals surface area contributed by atoms with Gasteiger partial charge in [-0.05, 0) is 35.4 Å². The SMILES string of the molecule is COc1ccc(/C=C2\NC(=O)N(Cc3ccc(Br)cc3)C2=O)cc1[N+](=O)[O-]. The molecule has 0 saturated carbocycles. The molecule has 138 valence electrons. The smallest absolute Gasteiger partial charge is 0.329 e. The number of hydrogen-bond acceptors (Lipinski definition) is 5. The fourth-order valence-electron chi connectivity index (χ4n) is 2.59. The largest absolute Gasteiger partial charge is 0.490 e. The second kappa shape index (κ2) is 7.58. The van der Waals surface area contributed by atoms with Gasteiger partial charge in [0.15, 0.2) is 5.75 Å². The summed E-state index contributed by atoms with van der Waals surface area (Å²) in [6, 6.07) is 11.0. The monoisotopic (exact) mass is 431 g/mol. The Labute approximate surface area is 162 Å². The number of halogens is 1. The minimum Gasteiger partial charge on any atom is -0.490 e. The number of methoxy groups -OCH3 is 1. The third-order valence-corrected chi connectivity index (χ3v) is 4.46. The van der Waals surface area contributed by atoms with Gasteiger partial charge in [-0.25, -0.2) is 4.79 Å². The molecule has 1 heterocycles. The number of nitrogens with zero attached hydrogens (tertiary/aromatic N) is 2. The molecular formula is C18H14BrN3O5. The average Bonchev–Trinajstić information content (AvgIpc) is 2.90. The molecule has 1 fully saturated rings. The summed E-state index contributed by atoms with van der Waals surface area (Å²) in [5, 5.41) is 13.6. The predicted octanol–water partition coefficient (Wildman–Crippen LogP) is 3.46. The van der Waals surface area contributed by atoms with E-state index in [-0.39, 0.29) is 23.7 Å². The highest BCUT2D eigenvalue weighted by atomic mass is 79.9. The molecule has 0 spiro atoms. The topological polar surface area (TPSA) is 102 Å². The summed E-state index contributed by atoms with van der Waals surface area (Å²) in [5.74, 6) is -0.387. The van der Waals surface area contributed by atoms with Gasteiger partial charge in [-0.2, -0.15) is 0 Å². The van der Waals surface area contributed by atoms with E-state index in [4.69, 9.17) is 4.74 Å². The van der Waals surface area contributed by atoms with Gasteiger partial charge in [0.2, 0.25) is 0 Å². The third-order valence-electron chi connectivity index (χ3n) is 3.93. The van der Waals surface area contributed by atoms with Gasteiger partial charge in [0.1, 0.15) is 5.70 Å². The van der Waals surface area contributed by atoms with Crippen LogP contribution >= 0.6 is 15.9 Å². The van der Waals surface area contributed by atoms with Crippen molar-refractivity contribution in [3.63, 3.8) is 0 Å². The molecule has 0 aliphatic carbocycles. The third kappa shape index (κ3) is 3.98. The molecule has 3 rings (SSSR count). The van der Waals surface area contributed by atoms with Gasteiger partial charge in [-0.15, -0.1) is 0 Å². The number of imide groups is 1. The highest BCUT2D eigenvalue weighted by Crippen LogP contribution is 2.29. The number of ether oxygens (including phenoxy) is 1. The Morgan fingerprint density at radius 1 is 1.22 bits per heavy atom. The zero-order chi connectivity index (χ0) is 19.6. The molecule has 9 heteroatoms. The number of hydrogen-bond donors (Lipinski definition) is 1. The van der Waals surface area contributed by atoms with Gasteiger partial charge in [0.25, 0.3) is 5.91 Å². The van der Waals surface area contributed by atoms with Crippen molar-refractivity contribution in [2.75, 3.05) is 7.11 Å². The molecule has 27 heavy (non-hydrogen) atoms. The van der Waals surface area contributed by atoms with Crippen molar-refractivity contribution < 1.29 is 19.2 Å². The van der Waals surface area contributed by atoms with Gasteiger partial charge in [0, 0.05) is 10.5 Å². The Balaban J connectivity index is 1.84. The first-order valence-electron chi connectivity index (χ1n) is 7.80. The predicted molar refractivity (Wildman–Crippen MR) is 101 cm³/mol. The maximum atomic E-state index is 12.5. The fraction of sp³-hybridized carbons (Fsp3) is 0.111. The van der Waals surface area contributed by atoms with Crippen molar-refractivity contribution in [1.82, 2.24) is 10.2 Å². The number of amides is 3. The zero-order valence-electron chi connectivity index (χ0n) is 14.1. The number of carbonyl (C=O) groups excluding carboxylic acids is 2. The molecule has 1 aliphatic rings. The van der Waals surface area contributed by atoms with Gasteiger partial charge in [-0.1, -0.05) is 34.1 Å². The molecule has 0 radical (unpaired) electrons. The Morgan fingerprint density at radius 2 is 1.93 bits per heavy atom. The van der Waals surface area contributed by atoms with Gasteiger partial charge in [0.05, 0.1) is 18.6 Å². The zero-order valence-corrected chi connectivity index (χ0v) is 15.7. The highest BCUT2D eigenvalue weighted by molar-refractivity contribution is 9.10. The van der Waals surface area contributed by atoms with Crippen molar-refractivity contribution in [3.8, 4) is 5.75 Å². The van der Waals surface area contributed by atoms with E-state index in [1.807, 2.05) is 12.1 Å². The molecule has 3 amide bonds. The lowest BCUT2D eigenvalue weighted by Crippen LogP contribution is -2.30. The molecule has 1 aliphatic heterocycles. The van der Waals surface area contributed by atoms with Crippen LogP contribution in [0.5, 0.6) is 5.75 Å². The number of urea groups is 1. The summed E-state index contributed by atoms with van der Waals surface area (Å²) >= 11 is 3.33. The van der Waals surface area contributed by atoms with E-state index in [0.717, 1.165) is 14.9 Å². The Morgan fingerprint density at radius 3 is 2.56 bits per heavy atom. The molecule has 1 saturated heterocycles. The lowest BCUT2D eigenvalue weighted by atomic mass is 10.1. The van der Waals surface area contributed by atoms with E-state index >= 15 is 0 Å². The summed E-state index contributed by atoms with van der Waals surface area (Å²) < 4.78 is 5.84. The van der Waals surface area contributed by atoms with Crippen LogP contribution in [0.15, 0.2) is 52.6 Å². The summed E-state index contributed by atoms with van der Waals surface area (Å²) in [7, 11) is 1.33. The van der Waals surface area contributed by atoms with Crippen LogP contribution in [-0.4, -0.2) is 28.9 Å². The van der Waals surface area contributed by atoms with Crippen LogP contribution in [0.3, 0.4) is 0 Å². The van der Waals surface area contributed by atoms with Crippen LogP contribution in [0.25, 0.3) is 6.08 Å². The molecule has 0 unspecified atom stereocenters. The summed E-state index contributed by atoms with van der Waals surface area (Å²) in [4.78, 5) is 36.3. The van der Waals surface area contributed by atoms with Crippen molar-refractivity contribution >= 4 is 39.6 Å². The van der Waals surface area contributed by atoms with Crippen LogP contribution < -0.4 is 10.1 Å². The van der Waals surface area contributed by atoms with E-state index in [0.29, 0.717) is 5.56 Å². The second-order valence-corrected chi connectivity index (χ2v) is 6.61. The number of nitrogens with one attached hydrogen (secondary N) is 1. The summed E-state index contributed by atoms with van der Waals surface area (Å²) in [6.45, 7) is 0.123. The van der Waals surface area contributed by atoms with Crippen LogP contribution in [-0.2, 0) is 11.3 Å². The van der Waals surface area contributed by atoms with Crippen molar-refractivity contribution in [1.29, 1.82) is 0 Å². The first-order chi connectivity index (χ1) is 12.9. The average molecular weight is 432 g/mol. The van der Waals surface area contributed by atoms with Crippen LogP contribution in [0.2, 0.25) is 0 Å². The van der Waals surface area contributed by atoms with Crippen molar-refractivity contribution in [2.45, 2.75) is 6.54 Å². The highest BCUT2D eigenvalue weighted by Gasteiger charge is 2.33. The molecule has 2 aromatic carbocycles. The second-order valence-electron chi connectivity index (χ2n) is 5.69. The molecule has 2 aromatic rings. The first kappa shape index (κ1) is 18.6. The number of nitro groups is 1. The first-order valence-corrected chi connectivity index (χ1v) is 8.60. The van der Waals surface area contributed by atoms with Crippen LogP contribution in [0, 0.1) is 10.1 Å². The van der Waals surface area contributed by atoms with Crippen molar-refractivity contribution in [2.24, 2.45) is 0 Å². The van der Waals surface area contributed by atoms with Crippen molar-refractivity contribution in [3.05, 3.63) is 73.9 Å². The molecule has 1 N–H and O–H groups in total. The number of rotatable bonds is 5. The number of nitro benzene ring substituents is 1. The molecular weight excluding hydrogens is 418 g/mol. The van der Waals surface area contributed by atoms with Gasteiger partial charge >= 0.3 is 11.7 Å². The van der Waals surface area contributed by atoms with Crippen LogP contribution in [0.4, 0.5) is 10.5 Å². The van der Waals surface area contributed by atoms with Crippen LogP contribution in [0.1, 0.15) is 11.1 Å². The Hall–Kier alpha value is -3.20. The Kier molecular flexibility index (Phi) is 5.22. The maximum Gasteiger partial charge on any atom is 0.329 e. The molecule has 0 bridgehead atoms.